The molecular formula is C25H31N5O9S2. The van der Waals surface area contributed by atoms with Crippen LogP contribution in [0.15, 0.2) is 40.1 Å². The van der Waals surface area contributed by atoms with E-state index in [-0.39, 0.29) is 55.3 Å². The van der Waals surface area contributed by atoms with Gasteiger partial charge in [0.1, 0.15) is 22.0 Å². The molecule has 0 bridgehead atoms. The molecule has 0 radical (unpaired) electrons. The van der Waals surface area contributed by atoms with E-state index in [1.807, 2.05) is 0 Å². The average Bonchev–Trinajstić information content (AvgIpc) is 3.69. The molecule has 4 heterocycles. The number of carboxylic acid groups (broad SMARTS) is 2. The third-order valence-electron chi connectivity index (χ3n) is 7.19. The zero-order chi connectivity index (χ0) is 29.9. The monoisotopic (exact) mass is 609 g/mol. The molecular weight excluding hydrogens is 578 g/mol. The van der Waals surface area contributed by atoms with Crippen LogP contribution in [0.1, 0.15) is 42.6 Å². The minimum Gasteiger partial charge on any atom is -0.480 e. The fourth-order valence-corrected chi connectivity index (χ4v) is 7.46. The van der Waals surface area contributed by atoms with Gasteiger partial charge in [0.15, 0.2) is 0 Å². The summed E-state index contributed by atoms with van der Waals surface area (Å²) >= 11 is 1.01. The normalized spacial score (nSPS) is 22.6. The SMILES string of the molecule is Cn1cccc1C(=O)NC1CC(C(=O)O)N(C(=O)CCCC(=O)N2CC(NS(=O)(=O)c3cccs3)CC2C(=O)O)C1. The number of hydrogen-bond acceptors (Lipinski definition) is 8. The van der Waals surface area contributed by atoms with Crippen LogP contribution in [0.4, 0.5) is 0 Å². The predicted molar refractivity (Wildman–Crippen MR) is 144 cm³/mol. The number of aryl methyl sites for hydroxylation is 1. The summed E-state index contributed by atoms with van der Waals surface area (Å²) in [5, 5.41) is 23.6. The van der Waals surface area contributed by atoms with Gasteiger partial charge >= 0.3 is 11.9 Å². The highest BCUT2D eigenvalue weighted by Crippen LogP contribution is 2.24. The number of sulfonamides is 1. The third-order valence-corrected chi connectivity index (χ3v) is 10.1. The Morgan fingerprint density at radius 2 is 1.51 bits per heavy atom. The highest BCUT2D eigenvalue weighted by molar-refractivity contribution is 7.91. The Kier molecular flexibility index (Phi) is 9.14. The fraction of sp³-hybridized carbons (Fsp3) is 0.480. The number of amides is 3. The highest BCUT2D eigenvalue weighted by Gasteiger charge is 2.42. The second kappa shape index (κ2) is 12.4. The largest absolute Gasteiger partial charge is 0.480 e. The van der Waals surface area contributed by atoms with E-state index >= 15 is 0 Å². The van der Waals surface area contributed by atoms with E-state index in [4.69, 9.17) is 0 Å². The van der Waals surface area contributed by atoms with Crippen molar-refractivity contribution >= 4 is 51.0 Å². The van der Waals surface area contributed by atoms with Crippen LogP contribution < -0.4 is 10.0 Å². The molecule has 0 saturated carbocycles. The molecule has 4 unspecified atom stereocenters. The Hall–Kier alpha value is -3.76. The van der Waals surface area contributed by atoms with E-state index in [1.54, 1.807) is 41.4 Å². The van der Waals surface area contributed by atoms with Gasteiger partial charge in [0.05, 0.1) is 0 Å². The maximum Gasteiger partial charge on any atom is 0.326 e. The van der Waals surface area contributed by atoms with Crippen LogP contribution in [0.25, 0.3) is 0 Å². The van der Waals surface area contributed by atoms with Crippen molar-refractivity contribution < 1.29 is 42.6 Å². The first-order chi connectivity index (χ1) is 19.4. The van der Waals surface area contributed by atoms with E-state index in [0.717, 1.165) is 16.2 Å². The Morgan fingerprint density at radius 1 is 0.927 bits per heavy atom. The Morgan fingerprint density at radius 3 is 2.02 bits per heavy atom. The molecule has 2 aromatic heterocycles. The van der Waals surface area contributed by atoms with Crippen molar-refractivity contribution in [1.29, 1.82) is 0 Å². The number of thiophene rings is 1. The molecule has 4 N–H and O–H groups in total. The topological polar surface area (TPSA) is 195 Å². The second-order valence-corrected chi connectivity index (χ2v) is 12.9. The van der Waals surface area contributed by atoms with Crippen LogP contribution in [0.2, 0.25) is 0 Å². The summed E-state index contributed by atoms with van der Waals surface area (Å²) in [6.45, 7) is -0.136. The summed E-state index contributed by atoms with van der Waals surface area (Å²) in [7, 11) is -2.16. The number of carbonyl (C=O) groups is 5. The first-order valence-corrected chi connectivity index (χ1v) is 15.3. The number of likely N-dealkylation sites (tertiary alicyclic amines) is 2. The van der Waals surface area contributed by atoms with E-state index < -0.39 is 57.9 Å². The van der Waals surface area contributed by atoms with Gasteiger partial charge in [-0.2, -0.15) is 0 Å². The Balaban J connectivity index is 1.30. The Labute approximate surface area is 240 Å². The van der Waals surface area contributed by atoms with Crippen LogP contribution in [-0.2, 0) is 36.2 Å². The lowest BCUT2D eigenvalue weighted by molar-refractivity contribution is -0.149. The quantitative estimate of drug-likeness (QED) is 0.273. The summed E-state index contributed by atoms with van der Waals surface area (Å²) in [4.78, 5) is 64.3. The van der Waals surface area contributed by atoms with Crippen molar-refractivity contribution in [2.75, 3.05) is 13.1 Å². The number of carboxylic acids is 2. The third kappa shape index (κ3) is 6.94. The number of aliphatic carboxylic acids is 2. The lowest BCUT2D eigenvalue weighted by atomic mass is 10.1. The summed E-state index contributed by atoms with van der Waals surface area (Å²) in [6, 6.07) is 2.59. The number of hydrogen-bond donors (Lipinski definition) is 4. The molecule has 2 aromatic rings. The van der Waals surface area contributed by atoms with Crippen LogP contribution >= 0.6 is 11.3 Å². The van der Waals surface area contributed by atoms with Gasteiger partial charge in [-0.1, -0.05) is 6.07 Å². The molecule has 0 aliphatic carbocycles. The van der Waals surface area contributed by atoms with Crippen LogP contribution in [-0.4, -0.2) is 99.9 Å². The second-order valence-electron chi connectivity index (χ2n) is 10.1. The van der Waals surface area contributed by atoms with Crippen molar-refractivity contribution in [2.45, 2.75) is 60.5 Å². The minimum absolute atomic E-state index is 0.000807. The summed E-state index contributed by atoms with van der Waals surface area (Å²) in [6.07, 6.45) is 1.33. The molecule has 2 aliphatic rings. The van der Waals surface area contributed by atoms with Crippen molar-refractivity contribution in [3.8, 4) is 0 Å². The molecule has 4 atom stereocenters. The molecule has 3 amide bonds. The molecule has 222 valence electrons. The maximum absolute atomic E-state index is 12.9. The number of aromatic nitrogens is 1. The van der Waals surface area contributed by atoms with E-state index in [1.165, 1.54) is 11.0 Å². The fourth-order valence-electron chi connectivity index (χ4n) is 5.21. The molecule has 14 nitrogen and oxygen atoms in total. The molecule has 41 heavy (non-hydrogen) atoms. The van der Waals surface area contributed by atoms with Crippen molar-refractivity contribution in [2.24, 2.45) is 7.05 Å². The summed E-state index contributed by atoms with van der Waals surface area (Å²) in [5.74, 6) is -3.91. The zero-order valence-electron chi connectivity index (χ0n) is 22.1. The lowest BCUT2D eigenvalue weighted by Gasteiger charge is -2.23. The average molecular weight is 610 g/mol. The van der Waals surface area contributed by atoms with Gasteiger partial charge in [-0.05, 0) is 36.4 Å². The van der Waals surface area contributed by atoms with Gasteiger partial charge in [0.2, 0.25) is 21.8 Å². The molecule has 0 spiro atoms. The maximum atomic E-state index is 12.9. The van der Waals surface area contributed by atoms with Crippen molar-refractivity contribution in [3.63, 3.8) is 0 Å². The molecule has 2 aliphatic heterocycles. The van der Waals surface area contributed by atoms with E-state index in [9.17, 15) is 42.6 Å². The number of carbonyl (C=O) groups excluding carboxylic acids is 3. The van der Waals surface area contributed by atoms with Crippen molar-refractivity contribution in [3.05, 3.63) is 41.5 Å². The smallest absolute Gasteiger partial charge is 0.326 e. The molecule has 2 saturated heterocycles. The number of nitrogens with one attached hydrogen (secondary N) is 2. The van der Waals surface area contributed by atoms with Gasteiger partial charge in [0.25, 0.3) is 5.91 Å². The van der Waals surface area contributed by atoms with Crippen LogP contribution in [0.3, 0.4) is 0 Å². The molecule has 4 rings (SSSR count). The van der Waals surface area contributed by atoms with Gasteiger partial charge in [-0.25, -0.2) is 22.7 Å². The van der Waals surface area contributed by atoms with Gasteiger partial charge in [0, 0.05) is 57.7 Å². The summed E-state index contributed by atoms with van der Waals surface area (Å²) in [5.41, 5.74) is 0.392. The van der Waals surface area contributed by atoms with Gasteiger partial charge < -0.3 is 29.9 Å². The zero-order valence-corrected chi connectivity index (χ0v) is 23.8. The predicted octanol–water partition coefficient (Wildman–Crippen LogP) is 0.0734. The van der Waals surface area contributed by atoms with E-state index in [2.05, 4.69) is 10.0 Å². The molecule has 16 heteroatoms. The van der Waals surface area contributed by atoms with Crippen LogP contribution in [0, 0.1) is 0 Å². The lowest BCUT2D eigenvalue weighted by Crippen LogP contribution is -2.42. The Bertz CT molecular complexity index is 1420. The van der Waals surface area contributed by atoms with E-state index in [0.29, 0.717) is 5.69 Å². The van der Waals surface area contributed by atoms with Crippen LogP contribution in [0.5, 0.6) is 0 Å². The molecule has 2 fully saturated rings. The van der Waals surface area contributed by atoms with Gasteiger partial charge in [-0.3, -0.25) is 14.4 Å². The first-order valence-electron chi connectivity index (χ1n) is 12.9. The van der Waals surface area contributed by atoms with Crippen molar-refractivity contribution in [1.82, 2.24) is 24.4 Å². The number of rotatable bonds is 11. The first kappa shape index (κ1) is 30.2. The summed E-state index contributed by atoms with van der Waals surface area (Å²) < 4.78 is 29.3. The standard InChI is InChI=1S/C25H31N5O9S2/c1-28-9-3-5-17(28)23(33)26-15-11-18(24(34)35)29(13-15)20(31)6-2-7-21(32)30-14-16(12-19(30)25(36)37)27-41(38,39)22-8-4-10-40-22/h3-5,8-10,15-16,18-19,27H,2,6-7,11-14H2,1H3,(H,26,33)(H,34,35)(H,36,37). The minimum atomic E-state index is -3.86. The number of nitrogens with zero attached hydrogens (tertiary/aromatic N) is 3. The highest BCUT2D eigenvalue weighted by atomic mass is 32.2. The molecule has 0 aromatic carbocycles. The van der Waals surface area contributed by atoms with Gasteiger partial charge in [-0.15, -0.1) is 11.3 Å².